The Morgan fingerprint density at radius 2 is 1.52 bits per heavy atom. The number of carbonyl (C=O) groups is 3. The second kappa shape index (κ2) is 10.5. The van der Waals surface area contributed by atoms with Gasteiger partial charge in [0.05, 0.1) is 7.11 Å². The van der Waals surface area contributed by atoms with Crippen LogP contribution in [0.5, 0.6) is 5.75 Å². The molecular formula is C20H30N2O5. The van der Waals surface area contributed by atoms with Gasteiger partial charge < -0.3 is 20.1 Å². The van der Waals surface area contributed by atoms with Gasteiger partial charge in [-0.25, -0.2) is 4.79 Å². The van der Waals surface area contributed by atoms with Crippen molar-refractivity contribution in [3.63, 3.8) is 0 Å². The van der Waals surface area contributed by atoms with Gasteiger partial charge in [0.2, 0.25) is 0 Å². The second-order valence-electron chi connectivity index (χ2n) is 7.13. The average molecular weight is 378 g/mol. The van der Waals surface area contributed by atoms with Crippen molar-refractivity contribution in [2.24, 2.45) is 11.8 Å². The number of esters is 1. The molecule has 0 fully saturated rings. The quantitative estimate of drug-likeness (QED) is 0.642. The van der Waals surface area contributed by atoms with Crippen LogP contribution in [0.15, 0.2) is 24.3 Å². The molecule has 0 spiro atoms. The SMILES string of the molecule is COc1ccc(C(=O)N[C@H](C(=O)OCC(=O)N[C@H](C)C(C)C)C(C)C)cc1. The molecule has 0 aliphatic rings. The molecule has 7 nitrogen and oxygen atoms in total. The summed E-state index contributed by atoms with van der Waals surface area (Å²) in [5.74, 6) is -0.693. The molecule has 0 aliphatic carbocycles. The molecule has 1 rings (SSSR count). The monoisotopic (exact) mass is 378 g/mol. The van der Waals surface area contributed by atoms with E-state index in [0.29, 0.717) is 11.3 Å². The van der Waals surface area contributed by atoms with Gasteiger partial charge in [-0.15, -0.1) is 0 Å². The van der Waals surface area contributed by atoms with Crippen LogP contribution in [0, 0.1) is 11.8 Å². The van der Waals surface area contributed by atoms with Crippen molar-refractivity contribution >= 4 is 17.8 Å². The summed E-state index contributed by atoms with van der Waals surface area (Å²) in [5.41, 5.74) is 0.401. The van der Waals surface area contributed by atoms with Gasteiger partial charge in [0.25, 0.3) is 11.8 Å². The lowest BCUT2D eigenvalue weighted by Crippen LogP contribution is -2.46. The molecule has 2 amide bonds. The third kappa shape index (κ3) is 7.29. The average Bonchev–Trinajstić information content (AvgIpc) is 2.63. The lowest BCUT2D eigenvalue weighted by molar-refractivity contribution is -0.151. The van der Waals surface area contributed by atoms with Gasteiger partial charge in [-0.2, -0.15) is 0 Å². The van der Waals surface area contributed by atoms with Crippen LogP contribution in [0.3, 0.4) is 0 Å². The molecule has 0 saturated carbocycles. The maximum absolute atomic E-state index is 12.4. The summed E-state index contributed by atoms with van der Waals surface area (Å²) in [6, 6.07) is 5.67. The normalized spacial score (nSPS) is 13.0. The Morgan fingerprint density at radius 3 is 2.00 bits per heavy atom. The van der Waals surface area contributed by atoms with Crippen LogP contribution in [0.1, 0.15) is 45.0 Å². The Morgan fingerprint density at radius 1 is 0.926 bits per heavy atom. The Bertz CT molecular complexity index is 640. The van der Waals surface area contributed by atoms with E-state index < -0.39 is 17.9 Å². The summed E-state index contributed by atoms with van der Waals surface area (Å²) in [6.07, 6.45) is 0. The van der Waals surface area contributed by atoms with E-state index in [1.807, 2.05) is 20.8 Å². The van der Waals surface area contributed by atoms with E-state index >= 15 is 0 Å². The summed E-state index contributed by atoms with van der Waals surface area (Å²) < 4.78 is 10.2. The minimum Gasteiger partial charge on any atom is -0.497 e. The number of methoxy groups -OCH3 is 1. The Kier molecular flexibility index (Phi) is 8.78. The summed E-state index contributed by atoms with van der Waals surface area (Å²) >= 11 is 0. The molecule has 0 heterocycles. The van der Waals surface area contributed by atoms with Gasteiger partial charge >= 0.3 is 5.97 Å². The van der Waals surface area contributed by atoms with Gasteiger partial charge in [0.1, 0.15) is 11.8 Å². The smallest absolute Gasteiger partial charge is 0.329 e. The zero-order valence-corrected chi connectivity index (χ0v) is 16.9. The standard InChI is InChI=1S/C20H30N2O5/c1-12(2)14(5)21-17(23)11-27-20(25)18(13(3)4)22-19(24)15-7-9-16(26-6)10-8-15/h7-10,12-14,18H,11H2,1-6H3,(H,21,23)(H,22,24)/t14-,18+/m1/s1. The van der Waals surface area contributed by atoms with Gasteiger partial charge in [-0.05, 0) is 43.0 Å². The van der Waals surface area contributed by atoms with Crippen molar-refractivity contribution in [2.75, 3.05) is 13.7 Å². The molecule has 7 heteroatoms. The van der Waals surface area contributed by atoms with E-state index in [0.717, 1.165) is 0 Å². The third-order valence-electron chi connectivity index (χ3n) is 4.29. The molecule has 2 N–H and O–H groups in total. The highest BCUT2D eigenvalue weighted by Gasteiger charge is 2.27. The highest BCUT2D eigenvalue weighted by Crippen LogP contribution is 2.12. The lowest BCUT2D eigenvalue weighted by Gasteiger charge is -2.21. The first-order valence-corrected chi connectivity index (χ1v) is 9.06. The molecular weight excluding hydrogens is 348 g/mol. The maximum Gasteiger partial charge on any atom is 0.329 e. The van der Waals surface area contributed by atoms with Crippen molar-refractivity contribution in [1.29, 1.82) is 0 Å². The van der Waals surface area contributed by atoms with Crippen molar-refractivity contribution in [3.05, 3.63) is 29.8 Å². The fraction of sp³-hybridized carbons (Fsp3) is 0.550. The number of ether oxygens (including phenoxy) is 2. The molecule has 0 radical (unpaired) electrons. The van der Waals surface area contributed by atoms with Gasteiger partial charge in [-0.3, -0.25) is 9.59 Å². The largest absolute Gasteiger partial charge is 0.497 e. The Balaban J connectivity index is 2.64. The van der Waals surface area contributed by atoms with E-state index in [9.17, 15) is 14.4 Å². The van der Waals surface area contributed by atoms with Crippen LogP contribution in [0.25, 0.3) is 0 Å². The van der Waals surface area contributed by atoms with Crippen molar-refractivity contribution in [1.82, 2.24) is 10.6 Å². The molecule has 0 saturated heterocycles. The highest BCUT2D eigenvalue weighted by atomic mass is 16.5. The van der Waals surface area contributed by atoms with Crippen LogP contribution in [-0.2, 0) is 14.3 Å². The number of rotatable bonds is 9. The molecule has 150 valence electrons. The van der Waals surface area contributed by atoms with E-state index in [4.69, 9.17) is 9.47 Å². The molecule has 0 unspecified atom stereocenters. The molecule has 0 aliphatic heterocycles. The fourth-order valence-electron chi connectivity index (χ4n) is 2.15. The number of benzene rings is 1. The number of nitrogens with one attached hydrogen (secondary N) is 2. The number of carbonyl (C=O) groups excluding carboxylic acids is 3. The first kappa shape index (κ1) is 22.5. The van der Waals surface area contributed by atoms with Gasteiger partial charge in [0.15, 0.2) is 6.61 Å². The summed E-state index contributed by atoms with van der Waals surface area (Å²) in [7, 11) is 1.54. The van der Waals surface area contributed by atoms with Crippen molar-refractivity contribution in [2.45, 2.75) is 46.7 Å². The summed E-state index contributed by atoms with van der Waals surface area (Å²) in [6.45, 7) is 9.07. The Hall–Kier alpha value is -2.57. The van der Waals surface area contributed by atoms with Gasteiger partial charge in [-0.1, -0.05) is 27.7 Å². The Labute approximate surface area is 160 Å². The summed E-state index contributed by atoms with van der Waals surface area (Å²) in [5, 5.41) is 5.43. The molecule has 0 aromatic heterocycles. The van der Waals surface area contributed by atoms with E-state index in [2.05, 4.69) is 10.6 Å². The van der Waals surface area contributed by atoms with Crippen LogP contribution in [0.4, 0.5) is 0 Å². The molecule has 1 aromatic carbocycles. The molecule has 27 heavy (non-hydrogen) atoms. The van der Waals surface area contributed by atoms with Crippen molar-refractivity contribution < 1.29 is 23.9 Å². The fourth-order valence-corrected chi connectivity index (χ4v) is 2.15. The molecule has 0 bridgehead atoms. The van der Waals surface area contributed by atoms with Crippen LogP contribution >= 0.6 is 0 Å². The molecule has 1 aromatic rings. The zero-order valence-electron chi connectivity index (χ0n) is 16.9. The first-order valence-electron chi connectivity index (χ1n) is 9.06. The van der Waals surface area contributed by atoms with Crippen LogP contribution in [0.2, 0.25) is 0 Å². The van der Waals surface area contributed by atoms with E-state index in [1.54, 1.807) is 38.1 Å². The topological polar surface area (TPSA) is 93.7 Å². The predicted octanol–water partition coefficient (Wildman–Crippen LogP) is 2.15. The predicted molar refractivity (Wildman–Crippen MR) is 102 cm³/mol. The van der Waals surface area contributed by atoms with Crippen LogP contribution in [-0.4, -0.2) is 43.6 Å². The second-order valence-corrected chi connectivity index (χ2v) is 7.13. The number of amides is 2. The van der Waals surface area contributed by atoms with Crippen molar-refractivity contribution in [3.8, 4) is 5.75 Å². The maximum atomic E-state index is 12.4. The minimum atomic E-state index is -0.852. The molecule has 2 atom stereocenters. The third-order valence-corrected chi connectivity index (χ3v) is 4.29. The number of hydrogen-bond acceptors (Lipinski definition) is 5. The van der Waals surface area contributed by atoms with E-state index in [-0.39, 0.29) is 30.4 Å². The number of hydrogen-bond donors (Lipinski definition) is 2. The minimum absolute atomic E-state index is 0.0214. The van der Waals surface area contributed by atoms with Gasteiger partial charge in [0, 0.05) is 11.6 Å². The first-order chi connectivity index (χ1) is 12.6. The lowest BCUT2D eigenvalue weighted by atomic mass is 10.0. The zero-order chi connectivity index (χ0) is 20.6. The van der Waals surface area contributed by atoms with E-state index in [1.165, 1.54) is 7.11 Å². The highest BCUT2D eigenvalue weighted by molar-refractivity contribution is 5.97. The van der Waals surface area contributed by atoms with Crippen LogP contribution < -0.4 is 15.4 Å². The summed E-state index contributed by atoms with van der Waals surface area (Å²) in [4.78, 5) is 36.6.